The van der Waals surface area contributed by atoms with Gasteiger partial charge in [-0.15, -0.1) is 0 Å². The number of rotatable bonds is 2. The molecule has 3 N–H and O–H groups in total. The number of hydrogen-bond acceptors (Lipinski definition) is 3. The maximum atomic E-state index is 12.6. The number of halogens is 4. The Balaban J connectivity index is 2.31. The number of nitrogen functional groups attached to an aromatic ring is 1. The van der Waals surface area contributed by atoms with Crippen LogP contribution in [0.5, 0.6) is 0 Å². The molecule has 0 bridgehead atoms. The highest BCUT2D eigenvalue weighted by molar-refractivity contribution is 6.33. The minimum atomic E-state index is -4.42. The fourth-order valence-electron chi connectivity index (χ4n) is 1.43. The maximum absolute atomic E-state index is 12.6. The lowest BCUT2D eigenvalue weighted by atomic mass is 10.2. The number of pyridine rings is 1. The van der Waals surface area contributed by atoms with E-state index in [9.17, 15) is 13.2 Å². The van der Waals surface area contributed by atoms with Gasteiger partial charge in [0.1, 0.15) is 5.82 Å². The van der Waals surface area contributed by atoms with Crippen molar-refractivity contribution >= 4 is 28.8 Å². The van der Waals surface area contributed by atoms with Crippen molar-refractivity contribution in [3.05, 3.63) is 47.1 Å². The van der Waals surface area contributed by atoms with E-state index in [2.05, 4.69) is 10.3 Å². The smallest absolute Gasteiger partial charge is 0.384 e. The number of benzene rings is 1. The van der Waals surface area contributed by atoms with Gasteiger partial charge < -0.3 is 11.1 Å². The number of aromatic nitrogens is 1. The summed E-state index contributed by atoms with van der Waals surface area (Å²) in [7, 11) is 0. The van der Waals surface area contributed by atoms with Crippen LogP contribution in [0.4, 0.5) is 30.4 Å². The summed E-state index contributed by atoms with van der Waals surface area (Å²) in [5.41, 5.74) is 5.29. The third-order valence-corrected chi connectivity index (χ3v) is 2.69. The van der Waals surface area contributed by atoms with E-state index in [4.69, 9.17) is 17.3 Å². The van der Waals surface area contributed by atoms with Gasteiger partial charge in [-0.1, -0.05) is 11.6 Å². The third-order valence-electron chi connectivity index (χ3n) is 2.36. The largest absolute Gasteiger partial charge is 0.416 e. The average Bonchev–Trinajstić information content (AvgIpc) is 2.33. The highest BCUT2D eigenvalue weighted by Gasteiger charge is 2.30. The monoisotopic (exact) mass is 287 g/mol. The molecule has 0 unspecified atom stereocenters. The molecule has 0 aliphatic carbocycles. The minimum absolute atomic E-state index is 0.156. The zero-order valence-electron chi connectivity index (χ0n) is 9.50. The molecule has 0 spiro atoms. The first-order valence-electron chi connectivity index (χ1n) is 5.21. The quantitative estimate of drug-likeness (QED) is 0.875. The first-order valence-corrected chi connectivity index (χ1v) is 5.59. The highest BCUT2D eigenvalue weighted by Crippen LogP contribution is 2.34. The summed E-state index contributed by atoms with van der Waals surface area (Å²) in [4.78, 5) is 3.83. The predicted molar refractivity (Wildman–Crippen MR) is 68.4 cm³/mol. The molecule has 0 fully saturated rings. The van der Waals surface area contributed by atoms with E-state index >= 15 is 0 Å². The fourth-order valence-corrected chi connectivity index (χ4v) is 1.60. The van der Waals surface area contributed by atoms with E-state index in [-0.39, 0.29) is 10.7 Å². The van der Waals surface area contributed by atoms with E-state index in [1.807, 2.05) is 0 Å². The van der Waals surface area contributed by atoms with Gasteiger partial charge in [-0.3, -0.25) is 0 Å². The van der Waals surface area contributed by atoms with Crippen LogP contribution in [0.15, 0.2) is 36.5 Å². The summed E-state index contributed by atoms with van der Waals surface area (Å²) in [5.74, 6) is 0.320. The van der Waals surface area contributed by atoms with Gasteiger partial charge in [0.25, 0.3) is 0 Å². The Labute approximate surface area is 112 Å². The van der Waals surface area contributed by atoms with Gasteiger partial charge >= 0.3 is 6.18 Å². The lowest BCUT2D eigenvalue weighted by molar-refractivity contribution is -0.137. The Hall–Kier alpha value is -1.95. The van der Waals surface area contributed by atoms with Gasteiger partial charge in [0.15, 0.2) is 0 Å². The van der Waals surface area contributed by atoms with Crippen LogP contribution < -0.4 is 11.1 Å². The Morgan fingerprint density at radius 2 is 1.89 bits per heavy atom. The minimum Gasteiger partial charge on any atom is -0.384 e. The van der Waals surface area contributed by atoms with Crippen LogP contribution in [-0.2, 0) is 6.18 Å². The van der Waals surface area contributed by atoms with Gasteiger partial charge in [0.2, 0.25) is 0 Å². The van der Waals surface area contributed by atoms with E-state index in [1.54, 1.807) is 6.07 Å². The first kappa shape index (κ1) is 13.5. The summed E-state index contributed by atoms with van der Waals surface area (Å²) in [6.45, 7) is 0. The van der Waals surface area contributed by atoms with Crippen molar-refractivity contribution in [3.8, 4) is 0 Å². The number of anilines is 3. The molecule has 0 saturated heterocycles. The van der Waals surface area contributed by atoms with E-state index in [0.29, 0.717) is 11.5 Å². The Bertz CT molecular complexity index is 582. The lowest BCUT2D eigenvalue weighted by Crippen LogP contribution is -2.05. The zero-order valence-corrected chi connectivity index (χ0v) is 10.3. The molecule has 0 aliphatic heterocycles. The fraction of sp³-hybridized carbons (Fsp3) is 0.0833. The van der Waals surface area contributed by atoms with E-state index in [0.717, 1.165) is 12.1 Å². The second-order valence-corrected chi connectivity index (χ2v) is 4.20. The molecule has 1 aromatic heterocycles. The summed E-state index contributed by atoms with van der Waals surface area (Å²) in [6, 6.07) is 6.19. The normalized spacial score (nSPS) is 11.4. The van der Waals surface area contributed by atoms with Crippen LogP contribution in [0.2, 0.25) is 5.02 Å². The van der Waals surface area contributed by atoms with Crippen molar-refractivity contribution in [1.82, 2.24) is 4.98 Å². The molecule has 100 valence electrons. The van der Waals surface area contributed by atoms with Gasteiger partial charge in [-0.05, 0) is 30.3 Å². The summed E-state index contributed by atoms with van der Waals surface area (Å²) < 4.78 is 37.8. The summed E-state index contributed by atoms with van der Waals surface area (Å²) >= 11 is 5.85. The van der Waals surface area contributed by atoms with Gasteiger partial charge in [0.05, 0.1) is 28.2 Å². The first-order chi connectivity index (χ1) is 8.86. The van der Waals surface area contributed by atoms with E-state index < -0.39 is 11.7 Å². The number of nitrogens with two attached hydrogens (primary N) is 1. The van der Waals surface area contributed by atoms with Crippen LogP contribution in [0, 0.1) is 0 Å². The van der Waals surface area contributed by atoms with Crippen LogP contribution in [-0.4, -0.2) is 4.98 Å². The number of nitrogens with zero attached hydrogens (tertiary/aromatic N) is 1. The van der Waals surface area contributed by atoms with Crippen LogP contribution >= 0.6 is 11.6 Å². The molecule has 1 heterocycles. The molecular formula is C12H9ClF3N3. The number of hydrogen-bond donors (Lipinski definition) is 2. The SMILES string of the molecule is Nc1ccc(Nc2cc(C(F)(F)F)ccc2Cl)cn1. The van der Waals surface area contributed by atoms with Crippen LogP contribution in [0.3, 0.4) is 0 Å². The Morgan fingerprint density at radius 3 is 2.47 bits per heavy atom. The van der Waals surface area contributed by atoms with Crippen molar-refractivity contribution in [2.75, 3.05) is 11.1 Å². The van der Waals surface area contributed by atoms with Gasteiger partial charge in [-0.2, -0.15) is 13.2 Å². The number of nitrogens with one attached hydrogen (secondary N) is 1. The molecule has 7 heteroatoms. The Morgan fingerprint density at radius 1 is 1.16 bits per heavy atom. The maximum Gasteiger partial charge on any atom is 0.416 e. The molecule has 2 aromatic rings. The van der Waals surface area contributed by atoms with E-state index in [1.165, 1.54) is 18.3 Å². The molecule has 1 aromatic carbocycles. The number of alkyl halides is 3. The standard InChI is InChI=1S/C12H9ClF3N3/c13-9-3-1-7(12(14,15)16)5-10(9)19-8-2-4-11(17)18-6-8/h1-6,19H,(H2,17,18). The van der Waals surface area contributed by atoms with Crippen LogP contribution in [0.25, 0.3) is 0 Å². The van der Waals surface area contributed by atoms with Crippen molar-refractivity contribution in [3.63, 3.8) is 0 Å². The highest BCUT2D eigenvalue weighted by atomic mass is 35.5. The molecule has 0 amide bonds. The molecule has 19 heavy (non-hydrogen) atoms. The van der Waals surface area contributed by atoms with Crippen molar-refractivity contribution in [2.24, 2.45) is 0 Å². The molecular weight excluding hydrogens is 279 g/mol. The van der Waals surface area contributed by atoms with Crippen LogP contribution in [0.1, 0.15) is 5.56 Å². The zero-order chi connectivity index (χ0) is 14.0. The average molecular weight is 288 g/mol. The lowest BCUT2D eigenvalue weighted by Gasteiger charge is -2.12. The topological polar surface area (TPSA) is 50.9 Å². The van der Waals surface area contributed by atoms with Gasteiger partial charge in [0, 0.05) is 0 Å². The molecule has 3 nitrogen and oxygen atoms in total. The summed E-state index contributed by atoms with van der Waals surface area (Å²) in [6.07, 6.45) is -3.01. The van der Waals surface area contributed by atoms with Crippen molar-refractivity contribution < 1.29 is 13.2 Å². The third kappa shape index (κ3) is 3.29. The second-order valence-electron chi connectivity index (χ2n) is 3.79. The second kappa shape index (κ2) is 4.97. The molecule has 2 rings (SSSR count). The molecule has 0 aliphatic rings. The predicted octanol–water partition coefficient (Wildman–Crippen LogP) is 4.08. The van der Waals surface area contributed by atoms with Crippen molar-refractivity contribution in [2.45, 2.75) is 6.18 Å². The van der Waals surface area contributed by atoms with Crippen molar-refractivity contribution in [1.29, 1.82) is 0 Å². The molecule has 0 radical (unpaired) electrons. The Kier molecular flexibility index (Phi) is 3.53. The van der Waals surface area contributed by atoms with Gasteiger partial charge in [-0.25, -0.2) is 4.98 Å². The molecule has 0 saturated carbocycles. The summed E-state index contributed by atoms with van der Waals surface area (Å²) in [5, 5.41) is 2.95. The molecule has 0 atom stereocenters.